The number of fused-ring (bicyclic) bond motifs is 9. The lowest BCUT2D eigenvalue weighted by atomic mass is 9.70. The molecule has 4 saturated carbocycles. The zero-order valence-electron chi connectivity index (χ0n) is 14.0. The van der Waals surface area contributed by atoms with Gasteiger partial charge < -0.3 is 4.74 Å². The molecule has 0 aromatic rings. The van der Waals surface area contributed by atoms with Crippen LogP contribution in [0.2, 0.25) is 0 Å². The van der Waals surface area contributed by atoms with Crippen LogP contribution in [-0.2, 0) is 9.53 Å². The van der Waals surface area contributed by atoms with E-state index in [4.69, 9.17) is 4.74 Å². The summed E-state index contributed by atoms with van der Waals surface area (Å²) in [4.78, 5) is 12.6. The molecule has 21 heavy (non-hydrogen) atoms. The Balaban J connectivity index is 1.47. The van der Waals surface area contributed by atoms with E-state index >= 15 is 0 Å². The van der Waals surface area contributed by atoms with Gasteiger partial charge in [-0.2, -0.15) is 0 Å². The second-order valence-corrected chi connectivity index (χ2v) is 9.20. The minimum atomic E-state index is -0.351. The van der Waals surface area contributed by atoms with Gasteiger partial charge in [-0.15, -0.1) is 0 Å². The second-order valence-electron chi connectivity index (χ2n) is 9.20. The fraction of sp³-hybridized carbons (Fsp3) is 0.947. The zero-order valence-corrected chi connectivity index (χ0v) is 14.0. The molecule has 4 bridgehead atoms. The normalized spacial score (nSPS) is 47.2. The van der Waals surface area contributed by atoms with Crippen molar-refractivity contribution >= 4 is 5.97 Å². The average Bonchev–Trinajstić information content (AvgIpc) is 3.16. The Morgan fingerprint density at radius 2 is 1.67 bits per heavy atom. The van der Waals surface area contributed by atoms with Crippen molar-refractivity contribution < 1.29 is 9.53 Å². The Labute approximate surface area is 129 Å². The first-order valence-corrected chi connectivity index (χ1v) is 9.10. The topological polar surface area (TPSA) is 26.3 Å². The molecule has 7 atom stereocenters. The average molecular weight is 290 g/mol. The Kier molecular flexibility index (Phi) is 3.01. The summed E-state index contributed by atoms with van der Waals surface area (Å²) in [6, 6.07) is 0. The fourth-order valence-corrected chi connectivity index (χ4v) is 6.17. The molecule has 0 spiro atoms. The van der Waals surface area contributed by atoms with E-state index in [1.807, 2.05) is 13.8 Å². The van der Waals surface area contributed by atoms with Gasteiger partial charge in [-0.05, 0) is 87.4 Å². The quantitative estimate of drug-likeness (QED) is 0.573. The molecule has 7 unspecified atom stereocenters. The van der Waals surface area contributed by atoms with E-state index in [1.165, 1.54) is 25.7 Å². The minimum absolute atomic E-state index is 0.0368. The molecule has 0 aliphatic heterocycles. The van der Waals surface area contributed by atoms with Gasteiger partial charge in [0.2, 0.25) is 0 Å². The lowest BCUT2D eigenvalue weighted by Crippen LogP contribution is -2.41. The van der Waals surface area contributed by atoms with Crippen molar-refractivity contribution in [3.8, 4) is 0 Å². The number of hydrogen-bond acceptors (Lipinski definition) is 2. The molecule has 4 aliphatic carbocycles. The van der Waals surface area contributed by atoms with Crippen LogP contribution >= 0.6 is 0 Å². The van der Waals surface area contributed by atoms with Gasteiger partial charge in [0.1, 0.15) is 6.10 Å². The van der Waals surface area contributed by atoms with Crippen LogP contribution in [0.4, 0.5) is 0 Å². The second kappa shape index (κ2) is 4.49. The molecule has 0 aromatic heterocycles. The first-order chi connectivity index (χ1) is 9.89. The van der Waals surface area contributed by atoms with E-state index in [0.29, 0.717) is 11.8 Å². The largest absolute Gasteiger partial charge is 0.462 e. The predicted molar refractivity (Wildman–Crippen MR) is 82.5 cm³/mol. The van der Waals surface area contributed by atoms with E-state index in [2.05, 4.69) is 13.8 Å². The van der Waals surface area contributed by atoms with Gasteiger partial charge in [-0.1, -0.05) is 13.8 Å². The van der Waals surface area contributed by atoms with Crippen molar-refractivity contribution in [3.05, 3.63) is 0 Å². The summed E-state index contributed by atoms with van der Waals surface area (Å²) >= 11 is 0. The van der Waals surface area contributed by atoms with Crippen LogP contribution in [0.5, 0.6) is 0 Å². The first-order valence-electron chi connectivity index (χ1n) is 9.10. The predicted octanol–water partition coefficient (Wildman–Crippen LogP) is 4.28. The van der Waals surface area contributed by atoms with Gasteiger partial charge >= 0.3 is 5.97 Å². The maximum atomic E-state index is 12.6. The maximum Gasteiger partial charge on any atom is 0.312 e. The molecule has 0 aromatic carbocycles. The lowest BCUT2D eigenvalue weighted by molar-refractivity contribution is -0.167. The molecule has 2 nitrogen and oxygen atoms in total. The Morgan fingerprint density at radius 3 is 2.33 bits per heavy atom. The molecule has 0 N–H and O–H groups in total. The first kappa shape index (κ1) is 14.1. The van der Waals surface area contributed by atoms with Gasteiger partial charge in [-0.25, -0.2) is 0 Å². The Bertz CT molecular complexity index is 452. The van der Waals surface area contributed by atoms with Gasteiger partial charge in [0.25, 0.3) is 0 Å². The van der Waals surface area contributed by atoms with Gasteiger partial charge in [-0.3, -0.25) is 4.79 Å². The molecule has 0 saturated heterocycles. The molecule has 0 amide bonds. The summed E-state index contributed by atoms with van der Waals surface area (Å²) in [7, 11) is 0. The van der Waals surface area contributed by atoms with E-state index in [9.17, 15) is 4.79 Å². The summed E-state index contributed by atoms with van der Waals surface area (Å²) in [5.74, 6) is 5.84. The molecule has 0 radical (unpaired) electrons. The zero-order chi connectivity index (χ0) is 14.9. The molecule has 4 fully saturated rings. The Hall–Kier alpha value is -0.530. The highest BCUT2D eigenvalue weighted by Crippen LogP contribution is 2.67. The standard InChI is InChI=1S/C19H30O2/c1-10(2)19(3,4)18(20)21-15-9-13-8-14(15)17-12-6-5-11(7-12)16(13)17/h10-17H,5-9H2,1-4H3. The highest BCUT2D eigenvalue weighted by Gasteiger charge is 2.63. The van der Waals surface area contributed by atoms with Crippen molar-refractivity contribution in [2.45, 2.75) is 65.9 Å². The van der Waals surface area contributed by atoms with Gasteiger partial charge in [0.15, 0.2) is 0 Å². The summed E-state index contributed by atoms with van der Waals surface area (Å²) < 4.78 is 6.05. The van der Waals surface area contributed by atoms with Crippen molar-refractivity contribution in [1.82, 2.24) is 0 Å². The molecule has 118 valence electrons. The van der Waals surface area contributed by atoms with E-state index in [-0.39, 0.29) is 17.5 Å². The maximum absolute atomic E-state index is 12.6. The van der Waals surface area contributed by atoms with Crippen molar-refractivity contribution in [2.24, 2.45) is 46.8 Å². The molecular weight excluding hydrogens is 260 g/mol. The van der Waals surface area contributed by atoms with Crippen LogP contribution in [0.1, 0.15) is 59.8 Å². The van der Waals surface area contributed by atoms with Crippen LogP contribution in [0.3, 0.4) is 0 Å². The van der Waals surface area contributed by atoms with E-state index in [0.717, 1.165) is 36.0 Å². The third kappa shape index (κ3) is 1.86. The number of hydrogen-bond donors (Lipinski definition) is 0. The lowest BCUT2D eigenvalue weighted by Gasteiger charge is -2.39. The highest BCUT2D eigenvalue weighted by atomic mass is 16.5. The van der Waals surface area contributed by atoms with Gasteiger partial charge in [0.05, 0.1) is 5.41 Å². The monoisotopic (exact) mass is 290 g/mol. The van der Waals surface area contributed by atoms with Crippen LogP contribution < -0.4 is 0 Å². The smallest absolute Gasteiger partial charge is 0.312 e. The third-order valence-corrected chi connectivity index (χ3v) is 7.90. The molecule has 4 rings (SSSR count). The van der Waals surface area contributed by atoms with Crippen LogP contribution in [0.25, 0.3) is 0 Å². The minimum Gasteiger partial charge on any atom is -0.462 e. The van der Waals surface area contributed by atoms with Crippen LogP contribution in [-0.4, -0.2) is 12.1 Å². The summed E-state index contributed by atoms with van der Waals surface area (Å²) in [6.45, 7) is 8.31. The summed E-state index contributed by atoms with van der Waals surface area (Å²) in [5, 5.41) is 0. The molecule has 0 heterocycles. The fourth-order valence-electron chi connectivity index (χ4n) is 6.17. The number of carbonyl (C=O) groups is 1. The number of esters is 1. The Morgan fingerprint density at radius 1 is 1.00 bits per heavy atom. The van der Waals surface area contributed by atoms with Crippen molar-refractivity contribution in [3.63, 3.8) is 0 Å². The van der Waals surface area contributed by atoms with Gasteiger partial charge in [0, 0.05) is 0 Å². The van der Waals surface area contributed by atoms with Crippen molar-refractivity contribution in [1.29, 1.82) is 0 Å². The van der Waals surface area contributed by atoms with Crippen LogP contribution in [0.15, 0.2) is 0 Å². The third-order valence-electron chi connectivity index (χ3n) is 7.90. The highest BCUT2D eigenvalue weighted by molar-refractivity contribution is 5.76. The SMILES string of the molecule is CC(C)C(C)(C)C(=O)OC1CC2CC1C1C3CCC(C3)C21. The summed E-state index contributed by atoms with van der Waals surface area (Å²) in [6.07, 6.45) is 7.17. The van der Waals surface area contributed by atoms with Crippen molar-refractivity contribution in [2.75, 3.05) is 0 Å². The number of ether oxygens (including phenoxy) is 1. The van der Waals surface area contributed by atoms with E-state index in [1.54, 1.807) is 0 Å². The number of carbonyl (C=O) groups excluding carboxylic acids is 1. The van der Waals surface area contributed by atoms with Crippen LogP contribution in [0, 0.1) is 46.8 Å². The molecular formula is C19H30O2. The number of rotatable bonds is 3. The van der Waals surface area contributed by atoms with E-state index < -0.39 is 0 Å². The molecule has 4 aliphatic rings. The molecule has 2 heteroatoms. The summed E-state index contributed by atoms with van der Waals surface area (Å²) in [5.41, 5.74) is -0.351.